The number of cyclic esters (lactones) is 1. The first-order chi connectivity index (χ1) is 25.4. The van der Waals surface area contributed by atoms with E-state index in [-0.39, 0.29) is 69.7 Å². The summed E-state index contributed by atoms with van der Waals surface area (Å²) >= 11 is 0. The average molecular weight is 710 g/mol. The van der Waals surface area contributed by atoms with E-state index in [0.29, 0.717) is 19.4 Å². The first-order valence-electron chi connectivity index (χ1n) is 18.2. The van der Waals surface area contributed by atoms with Crippen LogP contribution in [0, 0.1) is 5.92 Å². The summed E-state index contributed by atoms with van der Waals surface area (Å²) in [5.74, 6) is -1.99. The van der Waals surface area contributed by atoms with Crippen LogP contribution in [0.3, 0.4) is 0 Å². The molecule has 1 fully saturated rings. The number of allylic oxidation sites excluding steroid dienone is 2. The topological polar surface area (TPSA) is 144 Å². The number of rotatable bonds is 10. The molecule has 52 heavy (non-hydrogen) atoms. The Kier molecular flexibility index (Phi) is 12.7. The summed E-state index contributed by atoms with van der Waals surface area (Å²) in [4.78, 5) is 55.2. The molecule has 0 saturated carbocycles. The van der Waals surface area contributed by atoms with E-state index in [1.165, 1.54) is 0 Å². The number of esters is 1. The van der Waals surface area contributed by atoms with E-state index >= 15 is 0 Å². The van der Waals surface area contributed by atoms with Crippen molar-refractivity contribution in [2.24, 2.45) is 5.92 Å². The lowest BCUT2D eigenvalue weighted by molar-refractivity contribution is -0.148. The third kappa shape index (κ3) is 9.26. The number of hydrogen-bond donors (Lipinski definition) is 3. The molecule has 3 aromatic rings. The standard InChI is InChI=1S/C41H47N3O8/c45-23-31-15-11-21-44(31)38(46)22-29-14-5-2-6-20-37(40(48)51-26-30(42-39(29)47)25-50-24-28-12-3-1-4-13-28)43-41(49)52-27-36-34-18-9-7-16-32(34)33-17-8-10-19-35(33)36/h1-5,7-10,12-13,16-19,29-31,36-37,45H,6,11,14-15,20-27H2,(H,42,47)(H,43,49)/t29-,30+,31+,37+/m1/s1. The van der Waals surface area contributed by atoms with Crippen LogP contribution in [0.1, 0.15) is 61.1 Å². The molecule has 0 radical (unpaired) electrons. The highest BCUT2D eigenvalue weighted by Crippen LogP contribution is 2.44. The Morgan fingerprint density at radius 2 is 1.62 bits per heavy atom. The molecule has 3 aliphatic rings. The quantitative estimate of drug-likeness (QED) is 0.200. The van der Waals surface area contributed by atoms with Crippen molar-refractivity contribution in [1.82, 2.24) is 15.5 Å². The Morgan fingerprint density at radius 3 is 2.35 bits per heavy atom. The predicted octanol–water partition coefficient (Wildman–Crippen LogP) is 4.87. The van der Waals surface area contributed by atoms with Crippen LogP contribution in [0.2, 0.25) is 0 Å². The van der Waals surface area contributed by atoms with Gasteiger partial charge in [0.2, 0.25) is 11.8 Å². The molecule has 6 rings (SSSR count). The summed E-state index contributed by atoms with van der Waals surface area (Å²) in [6, 6.07) is 23.7. The number of carbonyl (C=O) groups excluding carboxylic acids is 4. The van der Waals surface area contributed by atoms with Crippen molar-refractivity contribution in [1.29, 1.82) is 0 Å². The fourth-order valence-electron chi connectivity index (χ4n) is 7.26. The van der Waals surface area contributed by atoms with Crippen molar-refractivity contribution in [3.8, 4) is 11.1 Å². The smallest absolute Gasteiger partial charge is 0.407 e. The lowest BCUT2D eigenvalue weighted by Crippen LogP contribution is -2.48. The van der Waals surface area contributed by atoms with E-state index in [0.717, 1.165) is 40.7 Å². The molecule has 274 valence electrons. The van der Waals surface area contributed by atoms with Crippen molar-refractivity contribution in [2.45, 2.75) is 69.2 Å². The monoisotopic (exact) mass is 709 g/mol. The molecule has 2 heterocycles. The minimum absolute atomic E-state index is 0.0178. The SMILES string of the molecule is O=C(N[C@H]1CCC=CC[C@H](CC(=O)N2CCC[C@H]2CO)C(=O)N[C@@H](COCc2ccccc2)COC1=O)OCC1c2ccccc2-c2ccccc21. The highest BCUT2D eigenvalue weighted by atomic mass is 16.6. The highest BCUT2D eigenvalue weighted by molar-refractivity contribution is 5.86. The highest BCUT2D eigenvalue weighted by Gasteiger charge is 2.33. The van der Waals surface area contributed by atoms with Gasteiger partial charge in [-0.2, -0.15) is 0 Å². The van der Waals surface area contributed by atoms with Gasteiger partial charge in [-0.25, -0.2) is 9.59 Å². The number of aliphatic hydroxyl groups excluding tert-OH is 1. The van der Waals surface area contributed by atoms with Gasteiger partial charge in [0.05, 0.1) is 37.8 Å². The van der Waals surface area contributed by atoms with Gasteiger partial charge in [0.15, 0.2) is 0 Å². The van der Waals surface area contributed by atoms with Gasteiger partial charge in [-0.1, -0.05) is 91.0 Å². The summed E-state index contributed by atoms with van der Waals surface area (Å²) in [7, 11) is 0. The number of benzene rings is 3. The molecule has 0 aromatic heterocycles. The summed E-state index contributed by atoms with van der Waals surface area (Å²) in [5.41, 5.74) is 5.34. The molecule has 0 bridgehead atoms. The van der Waals surface area contributed by atoms with Crippen molar-refractivity contribution < 1.29 is 38.5 Å². The average Bonchev–Trinajstić information content (AvgIpc) is 3.78. The summed E-state index contributed by atoms with van der Waals surface area (Å²) in [5, 5.41) is 15.4. The molecule has 0 unspecified atom stereocenters. The Balaban J connectivity index is 1.11. The van der Waals surface area contributed by atoms with Gasteiger partial charge in [-0.15, -0.1) is 0 Å². The molecule has 11 nitrogen and oxygen atoms in total. The van der Waals surface area contributed by atoms with Crippen LogP contribution < -0.4 is 10.6 Å². The predicted molar refractivity (Wildman–Crippen MR) is 194 cm³/mol. The Morgan fingerprint density at radius 1 is 0.904 bits per heavy atom. The van der Waals surface area contributed by atoms with Crippen LogP contribution in [-0.4, -0.2) is 85.0 Å². The van der Waals surface area contributed by atoms with Crippen molar-refractivity contribution >= 4 is 23.9 Å². The van der Waals surface area contributed by atoms with Gasteiger partial charge in [-0.3, -0.25) is 9.59 Å². The Labute approximate surface area is 304 Å². The maximum atomic E-state index is 13.7. The molecule has 3 amide bonds. The number of aliphatic hydroxyl groups is 1. The number of likely N-dealkylation sites (tertiary alicyclic amines) is 1. The third-order valence-electron chi connectivity index (χ3n) is 10.0. The molecular formula is C41H47N3O8. The van der Waals surface area contributed by atoms with E-state index in [9.17, 15) is 24.3 Å². The summed E-state index contributed by atoms with van der Waals surface area (Å²) < 4.78 is 17.3. The molecule has 1 saturated heterocycles. The fourth-order valence-corrected chi connectivity index (χ4v) is 7.26. The normalized spacial score (nSPS) is 22.2. The number of hydrogen-bond acceptors (Lipinski definition) is 8. The van der Waals surface area contributed by atoms with Crippen LogP contribution in [0.15, 0.2) is 91.0 Å². The van der Waals surface area contributed by atoms with E-state index in [1.54, 1.807) is 4.90 Å². The number of nitrogens with zero attached hydrogens (tertiary/aromatic N) is 1. The number of nitrogens with one attached hydrogen (secondary N) is 2. The second kappa shape index (κ2) is 18.0. The van der Waals surface area contributed by atoms with E-state index in [1.807, 2.05) is 78.9 Å². The first-order valence-corrected chi connectivity index (χ1v) is 18.2. The van der Waals surface area contributed by atoms with Crippen molar-refractivity contribution in [3.05, 3.63) is 108 Å². The minimum Gasteiger partial charge on any atom is -0.462 e. The van der Waals surface area contributed by atoms with Crippen LogP contribution in [0.5, 0.6) is 0 Å². The Hall–Kier alpha value is -5.00. The van der Waals surface area contributed by atoms with Crippen LogP contribution in [0.4, 0.5) is 4.79 Å². The third-order valence-corrected chi connectivity index (χ3v) is 10.0. The molecular weight excluding hydrogens is 662 g/mol. The fraction of sp³-hybridized carbons (Fsp3) is 0.415. The van der Waals surface area contributed by atoms with E-state index < -0.39 is 30.1 Å². The van der Waals surface area contributed by atoms with Crippen LogP contribution in [0.25, 0.3) is 11.1 Å². The van der Waals surface area contributed by atoms with E-state index in [4.69, 9.17) is 14.2 Å². The van der Waals surface area contributed by atoms with Gasteiger partial charge >= 0.3 is 12.1 Å². The lowest BCUT2D eigenvalue weighted by Gasteiger charge is -2.26. The zero-order chi connectivity index (χ0) is 36.3. The van der Waals surface area contributed by atoms with Crippen molar-refractivity contribution in [3.63, 3.8) is 0 Å². The lowest BCUT2D eigenvalue weighted by atomic mass is 9.98. The number of fused-ring (bicyclic) bond motifs is 3. The summed E-state index contributed by atoms with van der Waals surface area (Å²) in [6.45, 7) is 0.682. The molecule has 0 spiro atoms. The number of amides is 3. The van der Waals surface area contributed by atoms with Gasteiger partial charge in [0, 0.05) is 18.9 Å². The van der Waals surface area contributed by atoms with Gasteiger partial charge in [-0.05, 0) is 59.9 Å². The number of carbonyl (C=O) groups is 4. The van der Waals surface area contributed by atoms with Crippen LogP contribution in [-0.2, 0) is 35.2 Å². The Bertz CT molecular complexity index is 1680. The number of alkyl carbamates (subject to hydrolysis) is 1. The van der Waals surface area contributed by atoms with Gasteiger partial charge in [0.25, 0.3) is 0 Å². The molecule has 4 atom stereocenters. The van der Waals surface area contributed by atoms with Gasteiger partial charge < -0.3 is 34.9 Å². The first kappa shape index (κ1) is 36.8. The molecule has 3 aromatic carbocycles. The van der Waals surface area contributed by atoms with E-state index in [2.05, 4.69) is 22.8 Å². The second-order valence-electron chi connectivity index (χ2n) is 13.6. The molecule has 3 N–H and O–H groups in total. The maximum Gasteiger partial charge on any atom is 0.407 e. The zero-order valence-corrected chi connectivity index (χ0v) is 29.3. The molecule has 11 heteroatoms. The summed E-state index contributed by atoms with van der Waals surface area (Å²) in [6.07, 6.45) is 5.42. The largest absolute Gasteiger partial charge is 0.462 e. The molecule has 2 aliphatic heterocycles. The van der Waals surface area contributed by atoms with Gasteiger partial charge in [0.1, 0.15) is 19.3 Å². The molecule has 1 aliphatic carbocycles. The zero-order valence-electron chi connectivity index (χ0n) is 29.3. The van der Waals surface area contributed by atoms with Crippen molar-refractivity contribution in [2.75, 3.05) is 33.0 Å². The number of ether oxygens (including phenoxy) is 3. The van der Waals surface area contributed by atoms with Crippen LogP contribution >= 0.6 is 0 Å². The maximum absolute atomic E-state index is 13.7. The second-order valence-corrected chi connectivity index (χ2v) is 13.6. The minimum atomic E-state index is -0.995.